The molecule has 1 aromatic carbocycles. The van der Waals surface area contributed by atoms with Crippen LogP contribution in [0, 0.1) is 0 Å². The highest BCUT2D eigenvalue weighted by Crippen LogP contribution is 2.24. The lowest BCUT2D eigenvalue weighted by molar-refractivity contribution is -0.136. The molecule has 0 bridgehead atoms. The Bertz CT molecular complexity index is 662. The van der Waals surface area contributed by atoms with Crippen LogP contribution in [0.1, 0.15) is 82.3 Å². The van der Waals surface area contributed by atoms with Gasteiger partial charge in [0, 0.05) is 24.8 Å². The van der Waals surface area contributed by atoms with Crippen molar-refractivity contribution in [1.29, 1.82) is 0 Å². The first-order chi connectivity index (χ1) is 14.4. The van der Waals surface area contributed by atoms with Gasteiger partial charge in [0.25, 0.3) is 0 Å². The molecule has 0 saturated carbocycles. The summed E-state index contributed by atoms with van der Waals surface area (Å²) in [6.45, 7) is 5.10. The van der Waals surface area contributed by atoms with Crippen LogP contribution in [-0.4, -0.2) is 50.8 Å². The van der Waals surface area contributed by atoms with Crippen LogP contribution in [0.2, 0.25) is 0 Å². The van der Waals surface area contributed by atoms with Crippen LogP contribution in [-0.2, 0) is 11.2 Å². The summed E-state index contributed by atoms with van der Waals surface area (Å²) in [7, 11) is 0. The van der Waals surface area contributed by atoms with E-state index in [1.165, 1.54) is 5.56 Å². The Morgan fingerprint density at radius 3 is 2.60 bits per heavy atom. The summed E-state index contributed by atoms with van der Waals surface area (Å²) in [5.74, 6) is 1.36. The van der Waals surface area contributed by atoms with E-state index >= 15 is 0 Å². The molecule has 6 heteroatoms. The molecule has 30 heavy (non-hydrogen) atoms. The highest BCUT2D eigenvalue weighted by molar-refractivity contribution is 8.13. The average Bonchev–Trinajstić information content (AvgIpc) is 2.70. The fourth-order valence-electron chi connectivity index (χ4n) is 4.12. The molecule has 2 rings (SSSR count). The fourth-order valence-corrected chi connectivity index (χ4v) is 4.64. The van der Waals surface area contributed by atoms with Crippen molar-refractivity contribution in [3.05, 3.63) is 35.4 Å². The summed E-state index contributed by atoms with van der Waals surface area (Å²) in [6, 6.07) is 8.72. The van der Waals surface area contributed by atoms with Gasteiger partial charge in [0.1, 0.15) is 0 Å². The average molecular weight is 436 g/mol. The maximum atomic E-state index is 12.4. The summed E-state index contributed by atoms with van der Waals surface area (Å²) in [5, 5.41) is 18.4. The van der Waals surface area contributed by atoms with E-state index in [9.17, 15) is 14.7 Å². The zero-order valence-electron chi connectivity index (χ0n) is 18.4. The summed E-state index contributed by atoms with van der Waals surface area (Å²) in [4.78, 5) is 25.0. The Labute approximate surface area is 185 Å². The molecule has 168 valence electrons. The van der Waals surface area contributed by atoms with Crippen molar-refractivity contribution < 1.29 is 19.8 Å². The Kier molecular flexibility index (Phi) is 10.7. The molecule has 2 atom stereocenters. The second-order valence-electron chi connectivity index (χ2n) is 8.64. The van der Waals surface area contributed by atoms with Crippen molar-refractivity contribution in [1.82, 2.24) is 4.90 Å². The molecule has 1 unspecified atom stereocenters. The number of aliphatic hydroxyl groups excluding tert-OH is 1. The first-order valence-corrected chi connectivity index (χ1v) is 12.3. The smallest absolute Gasteiger partial charge is 0.364 e. The van der Waals surface area contributed by atoms with Gasteiger partial charge < -0.3 is 15.1 Å². The van der Waals surface area contributed by atoms with Gasteiger partial charge in [-0.1, -0.05) is 44.5 Å². The molecule has 0 aliphatic carbocycles. The third-order valence-electron chi connectivity index (χ3n) is 5.91. The molecule has 0 aromatic heterocycles. The van der Waals surface area contributed by atoms with Crippen LogP contribution in [0.15, 0.2) is 24.3 Å². The minimum atomic E-state index is -0.823. The SMILES string of the molecule is CC(C)c1ccc(CC(O)CC[C@H]2CCCC(=O)N2CCCCCSC(=O)O)cc1. The van der Waals surface area contributed by atoms with E-state index in [1.807, 2.05) is 4.90 Å². The zero-order valence-corrected chi connectivity index (χ0v) is 19.2. The second kappa shape index (κ2) is 13.0. The normalized spacial score (nSPS) is 18.1. The standard InChI is InChI=1S/C24H37NO4S/c1-18(2)20-11-9-19(10-12-20)17-22(26)14-13-21-7-6-8-23(27)25(21)15-4-3-5-16-30-24(28)29/h9-12,18,21-22,26H,3-8,13-17H2,1-2H3,(H,28,29)/t21-,22?/m1/s1. The number of carbonyl (C=O) groups excluding carboxylic acids is 1. The Morgan fingerprint density at radius 2 is 1.93 bits per heavy atom. The van der Waals surface area contributed by atoms with Gasteiger partial charge in [-0.3, -0.25) is 4.79 Å². The van der Waals surface area contributed by atoms with E-state index in [1.54, 1.807) is 0 Å². The number of carboxylic acid groups (broad SMARTS) is 1. The number of hydrogen-bond acceptors (Lipinski definition) is 4. The van der Waals surface area contributed by atoms with E-state index in [4.69, 9.17) is 5.11 Å². The molecule has 1 aromatic rings. The van der Waals surface area contributed by atoms with E-state index < -0.39 is 5.30 Å². The van der Waals surface area contributed by atoms with Crippen LogP contribution in [0.4, 0.5) is 4.79 Å². The first kappa shape index (κ1) is 24.7. The molecule has 0 spiro atoms. The van der Waals surface area contributed by atoms with E-state index in [2.05, 4.69) is 38.1 Å². The Hall–Kier alpha value is -1.53. The third kappa shape index (κ3) is 8.68. The van der Waals surface area contributed by atoms with Crippen molar-refractivity contribution in [3.8, 4) is 0 Å². The van der Waals surface area contributed by atoms with Crippen LogP contribution in [0.3, 0.4) is 0 Å². The molecular formula is C24H37NO4S. The topological polar surface area (TPSA) is 77.8 Å². The number of amides is 1. The molecule has 1 aliphatic rings. The Balaban J connectivity index is 1.75. The second-order valence-corrected chi connectivity index (χ2v) is 9.69. The van der Waals surface area contributed by atoms with Gasteiger partial charge in [0.05, 0.1) is 6.10 Å². The molecule has 1 saturated heterocycles. The van der Waals surface area contributed by atoms with Gasteiger partial charge in [0.15, 0.2) is 0 Å². The van der Waals surface area contributed by atoms with Crippen molar-refractivity contribution in [3.63, 3.8) is 0 Å². The molecule has 5 nitrogen and oxygen atoms in total. The van der Waals surface area contributed by atoms with Gasteiger partial charge in [0.2, 0.25) is 5.91 Å². The molecule has 1 amide bonds. The third-order valence-corrected chi connectivity index (χ3v) is 6.65. The highest BCUT2D eigenvalue weighted by atomic mass is 32.2. The van der Waals surface area contributed by atoms with Crippen LogP contribution in [0.5, 0.6) is 0 Å². The predicted molar refractivity (Wildman–Crippen MR) is 123 cm³/mol. The minimum Gasteiger partial charge on any atom is -0.473 e. The minimum absolute atomic E-state index is 0.220. The number of unbranched alkanes of at least 4 members (excludes halogenated alkanes) is 2. The van der Waals surface area contributed by atoms with Crippen molar-refractivity contribution in [2.45, 2.75) is 89.7 Å². The fraction of sp³-hybridized carbons (Fsp3) is 0.667. The highest BCUT2D eigenvalue weighted by Gasteiger charge is 2.27. The number of likely N-dealkylation sites (tertiary alicyclic amines) is 1. The van der Waals surface area contributed by atoms with Crippen molar-refractivity contribution in [2.75, 3.05) is 12.3 Å². The van der Waals surface area contributed by atoms with E-state index in [-0.39, 0.29) is 18.1 Å². The largest absolute Gasteiger partial charge is 0.473 e. The predicted octanol–water partition coefficient (Wildman–Crippen LogP) is 5.46. The zero-order chi connectivity index (χ0) is 21.9. The van der Waals surface area contributed by atoms with Gasteiger partial charge in [-0.25, -0.2) is 4.79 Å². The number of hydrogen-bond donors (Lipinski definition) is 2. The molecule has 1 heterocycles. The lowest BCUT2D eigenvalue weighted by atomic mass is 9.93. The molecule has 1 fully saturated rings. The van der Waals surface area contributed by atoms with E-state index in [0.717, 1.165) is 62.4 Å². The summed E-state index contributed by atoms with van der Waals surface area (Å²) in [5.41, 5.74) is 2.47. The lowest BCUT2D eigenvalue weighted by Crippen LogP contribution is -2.44. The summed E-state index contributed by atoms with van der Waals surface area (Å²) < 4.78 is 0. The number of benzene rings is 1. The number of piperidine rings is 1. The van der Waals surface area contributed by atoms with Gasteiger partial charge in [-0.05, 0) is 73.8 Å². The number of nitrogens with zero attached hydrogens (tertiary/aromatic N) is 1. The summed E-state index contributed by atoms with van der Waals surface area (Å²) in [6.07, 6.45) is 7.08. The number of thioether (sulfide) groups is 1. The van der Waals surface area contributed by atoms with Gasteiger partial charge in [-0.15, -0.1) is 0 Å². The quantitative estimate of drug-likeness (QED) is 0.427. The number of aliphatic hydroxyl groups is 1. The first-order valence-electron chi connectivity index (χ1n) is 11.3. The Morgan fingerprint density at radius 1 is 1.20 bits per heavy atom. The maximum Gasteiger partial charge on any atom is 0.364 e. The monoisotopic (exact) mass is 435 g/mol. The van der Waals surface area contributed by atoms with Crippen LogP contribution >= 0.6 is 11.8 Å². The summed E-state index contributed by atoms with van der Waals surface area (Å²) >= 11 is 0.941. The molecule has 2 N–H and O–H groups in total. The van der Waals surface area contributed by atoms with Crippen molar-refractivity contribution >= 4 is 23.0 Å². The maximum absolute atomic E-state index is 12.4. The van der Waals surface area contributed by atoms with Crippen molar-refractivity contribution in [2.24, 2.45) is 0 Å². The van der Waals surface area contributed by atoms with Crippen LogP contribution < -0.4 is 0 Å². The van der Waals surface area contributed by atoms with Gasteiger partial charge in [-0.2, -0.15) is 0 Å². The number of carbonyl (C=O) groups is 2. The lowest BCUT2D eigenvalue weighted by Gasteiger charge is -2.36. The molecule has 0 radical (unpaired) electrons. The van der Waals surface area contributed by atoms with E-state index in [0.29, 0.717) is 30.9 Å². The molecular weight excluding hydrogens is 398 g/mol. The number of rotatable bonds is 12. The van der Waals surface area contributed by atoms with Crippen LogP contribution in [0.25, 0.3) is 0 Å². The van der Waals surface area contributed by atoms with Gasteiger partial charge >= 0.3 is 5.30 Å². The molecule has 1 aliphatic heterocycles.